The van der Waals surface area contributed by atoms with Crippen LogP contribution in [-0.4, -0.2) is 43.4 Å². The second-order valence-corrected chi connectivity index (χ2v) is 5.22. The van der Waals surface area contributed by atoms with Crippen LogP contribution < -0.4 is 10.1 Å². The predicted octanol–water partition coefficient (Wildman–Crippen LogP) is 1.26. The molecule has 126 valence electrons. The van der Waals surface area contributed by atoms with Gasteiger partial charge in [-0.2, -0.15) is 0 Å². The Labute approximate surface area is 134 Å². The number of carbonyl (C=O) groups excluding carboxylic acids is 1. The number of ether oxygens (including phenoxy) is 3. The Kier molecular flexibility index (Phi) is 5.57. The Hall–Kier alpha value is -2.12. The molecular weight excluding hydrogens is 302 g/mol. The maximum atomic E-state index is 12.5. The van der Waals surface area contributed by atoms with Gasteiger partial charge in [-0.3, -0.25) is 5.32 Å². The third kappa shape index (κ3) is 3.62. The van der Waals surface area contributed by atoms with Crippen molar-refractivity contribution in [3.8, 4) is 5.75 Å². The van der Waals surface area contributed by atoms with Crippen LogP contribution in [-0.2, 0) is 24.8 Å². The monoisotopic (exact) mass is 323 g/mol. The minimum absolute atomic E-state index is 0.0181. The summed E-state index contributed by atoms with van der Waals surface area (Å²) in [5.41, 5.74) is -1.13. The molecule has 0 bridgehead atoms. The van der Waals surface area contributed by atoms with Crippen molar-refractivity contribution in [2.24, 2.45) is 0 Å². The van der Waals surface area contributed by atoms with E-state index < -0.39 is 23.8 Å². The van der Waals surface area contributed by atoms with Gasteiger partial charge in [-0.1, -0.05) is 25.5 Å². The SMILES string of the molecule is CCCCOC(=O)C1(c2ccc(OC)cc2)NCC(C(=O)O)O1. The standard InChI is InChI=1S/C16H21NO6/c1-3-4-9-22-15(20)16(17-10-13(23-16)14(18)19)11-5-7-12(21-2)8-6-11/h5-8,13,17H,3-4,9-10H2,1-2H3,(H,18,19). The zero-order valence-electron chi connectivity index (χ0n) is 13.2. The number of carbonyl (C=O) groups is 2. The van der Waals surface area contributed by atoms with Crippen LogP contribution in [0.25, 0.3) is 0 Å². The van der Waals surface area contributed by atoms with Crippen LogP contribution in [0.15, 0.2) is 24.3 Å². The molecule has 0 aliphatic carbocycles. The molecule has 1 heterocycles. The van der Waals surface area contributed by atoms with Crippen molar-refractivity contribution in [2.75, 3.05) is 20.3 Å². The highest BCUT2D eigenvalue weighted by Gasteiger charge is 2.51. The van der Waals surface area contributed by atoms with Crippen LogP contribution in [0.5, 0.6) is 5.75 Å². The number of hydrogen-bond acceptors (Lipinski definition) is 6. The summed E-state index contributed by atoms with van der Waals surface area (Å²) in [4.78, 5) is 23.7. The molecule has 1 aromatic rings. The lowest BCUT2D eigenvalue weighted by molar-refractivity contribution is -0.180. The van der Waals surface area contributed by atoms with Crippen LogP contribution in [0.1, 0.15) is 25.3 Å². The van der Waals surface area contributed by atoms with Crippen LogP contribution in [0.4, 0.5) is 0 Å². The fourth-order valence-electron chi connectivity index (χ4n) is 2.32. The normalized spacial score (nSPS) is 23.5. The first-order chi connectivity index (χ1) is 11.0. The lowest BCUT2D eigenvalue weighted by Gasteiger charge is -2.27. The second kappa shape index (κ2) is 7.43. The fraction of sp³-hybridized carbons (Fsp3) is 0.500. The Morgan fingerprint density at radius 1 is 1.39 bits per heavy atom. The van der Waals surface area contributed by atoms with E-state index in [1.807, 2.05) is 6.92 Å². The minimum atomic E-state index is -1.61. The van der Waals surface area contributed by atoms with Gasteiger partial charge >= 0.3 is 11.9 Å². The molecule has 7 heteroatoms. The van der Waals surface area contributed by atoms with Gasteiger partial charge in [0.2, 0.25) is 5.72 Å². The summed E-state index contributed by atoms with van der Waals surface area (Å²) in [6.45, 7) is 2.26. The van der Waals surface area contributed by atoms with Gasteiger partial charge in [-0.25, -0.2) is 9.59 Å². The van der Waals surface area contributed by atoms with Gasteiger partial charge in [0.1, 0.15) is 5.75 Å². The largest absolute Gasteiger partial charge is 0.497 e. The Bertz CT molecular complexity index is 558. The van der Waals surface area contributed by atoms with Crippen molar-refractivity contribution < 1.29 is 28.9 Å². The molecule has 0 amide bonds. The first-order valence-electron chi connectivity index (χ1n) is 7.51. The molecule has 7 nitrogen and oxygen atoms in total. The van der Waals surface area contributed by atoms with Gasteiger partial charge in [-0.15, -0.1) is 0 Å². The van der Waals surface area contributed by atoms with E-state index in [-0.39, 0.29) is 13.2 Å². The van der Waals surface area contributed by atoms with Crippen molar-refractivity contribution in [3.05, 3.63) is 29.8 Å². The molecule has 1 fully saturated rings. The molecule has 1 saturated heterocycles. The van der Waals surface area contributed by atoms with Crippen molar-refractivity contribution >= 4 is 11.9 Å². The van der Waals surface area contributed by atoms with Crippen molar-refractivity contribution in [3.63, 3.8) is 0 Å². The average Bonchev–Trinajstić information content (AvgIpc) is 3.02. The third-order valence-electron chi connectivity index (χ3n) is 3.65. The van der Waals surface area contributed by atoms with Crippen LogP contribution in [0, 0.1) is 0 Å². The van der Waals surface area contributed by atoms with Gasteiger partial charge in [0, 0.05) is 12.1 Å². The number of carboxylic acid groups (broad SMARTS) is 1. The summed E-state index contributed by atoms with van der Waals surface area (Å²) in [5, 5.41) is 12.0. The summed E-state index contributed by atoms with van der Waals surface area (Å²) in [7, 11) is 1.54. The van der Waals surface area contributed by atoms with Gasteiger partial charge in [0.15, 0.2) is 6.10 Å². The number of carboxylic acids is 1. The number of unbranched alkanes of at least 4 members (excludes halogenated alkanes) is 1. The van der Waals surface area contributed by atoms with Crippen molar-refractivity contribution in [1.29, 1.82) is 0 Å². The van der Waals surface area contributed by atoms with E-state index in [4.69, 9.17) is 19.3 Å². The van der Waals surface area contributed by atoms with Crippen LogP contribution >= 0.6 is 0 Å². The molecule has 2 N–H and O–H groups in total. The highest BCUT2D eigenvalue weighted by molar-refractivity contribution is 5.83. The second-order valence-electron chi connectivity index (χ2n) is 5.22. The number of aliphatic carboxylic acids is 1. The summed E-state index contributed by atoms with van der Waals surface area (Å²) in [6.07, 6.45) is 0.498. The Morgan fingerprint density at radius 3 is 2.61 bits per heavy atom. The number of hydrogen-bond donors (Lipinski definition) is 2. The maximum absolute atomic E-state index is 12.5. The zero-order chi connectivity index (χ0) is 16.9. The average molecular weight is 323 g/mol. The van der Waals surface area contributed by atoms with E-state index in [0.717, 1.165) is 12.8 Å². The fourth-order valence-corrected chi connectivity index (χ4v) is 2.32. The summed E-state index contributed by atoms with van der Waals surface area (Å²) in [5.74, 6) is -1.15. The molecule has 0 spiro atoms. The molecule has 0 radical (unpaired) electrons. The zero-order valence-corrected chi connectivity index (χ0v) is 13.2. The van der Waals surface area contributed by atoms with E-state index in [1.54, 1.807) is 24.3 Å². The molecule has 23 heavy (non-hydrogen) atoms. The van der Waals surface area contributed by atoms with E-state index in [1.165, 1.54) is 7.11 Å². The quantitative estimate of drug-likeness (QED) is 0.576. The molecular formula is C16H21NO6. The first-order valence-corrected chi connectivity index (χ1v) is 7.51. The van der Waals surface area contributed by atoms with Crippen LogP contribution in [0.2, 0.25) is 0 Å². The number of esters is 1. The highest BCUT2D eigenvalue weighted by Crippen LogP contribution is 2.32. The molecule has 1 aliphatic rings. The molecule has 1 aliphatic heterocycles. The first kappa shape index (κ1) is 17.2. The molecule has 0 aromatic heterocycles. The summed E-state index contributed by atoms with van der Waals surface area (Å²) in [6, 6.07) is 6.65. The Morgan fingerprint density at radius 2 is 2.09 bits per heavy atom. The number of methoxy groups -OCH3 is 1. The minimum Gasteiger partial charge on any atom is -0.497 e. The lowest BCUT2D eigenvalue weighted by Crippen LogP contribution is -2.47. The van der Waals surface area contributed by atoms with E-state index in [0.29, 0.717) is 11.3 Å². The van der Waals surface area contributed by atoms with Gasteiger partial charge in [0.05, 0.1) is 13.7 Å². The van der Waals surface area contributed by atoms with E-state index in [9.17, 15) is 9.59 Å². The van der Waals surface area contributed by atoms with Crippen LogP contribution in [0.3, 0.4) is 0 Å². The van der Waals surface area contributed by atoms with Gasteiger partial charge < -0.3 is 19.3 Å². The lowest BCUT2D eigenvalue weighted by atomic mass is 10.0. The van der Waals surface area contributed by atoms with Gasteiger partial charge in [-0.05, 0) is 18.6 Å². The summed E-state index contributed by atoms with van der Waals surface area (Å²) < 4.78 is 15.9. The molecule has 2 atom stereocenters. The topological polar surface area (TPSA) is 94.1 Å². The Balaban J connectivity index is 2.27. The predicted molar refractivity (Wildman–Crippen MR) is 81.1 cm³/mol. The molecule has 2 unspecified atom stereocenters. The molecule has 1 aromatic carbocycles. The molecule has 0 saturated carbocycles. The van der Waals surface area contributed by atoms with Crippen molar-refractivity contribution in [1.82, 2.24) is 5.32 Å². The molecule has 2 rings (SSSR count). The van der Waals surface area contributed by atoms with E-state index in [2.05, 4.69) is 5.32 Å². The maximum Gasteiger partial charge on any atom is 0.358 e. The number of benzene rings is 1. The highest BCUT2D eigenvalue weighted by atomic mass is 16.6. The number of rotatable bonds is 7. The van der Waals surface area contributed by atoms with Crippen molar-refractivity contribution in [2.45, 2.75) is 31.6 Å². The summed E-state index contributed by atoms with van der Waals surface area (Å²) >= 11 is 0. The van der Waals surface area contributed by atoms with Gasteiger partial charge in [0.25, 0.3) is 0 Å². The van der Waals surface area contributed by atoms with E-state index >= 15 is 0 Å². The third-order valence-corrected chi connectivity index (χ3v) is 3.65. The smallest absolute Gasteiger partial charge is 0.358 e. The number of nitrogens with one attached hydrogen (secondary N) is 1.